The normalized spacial score (nSPS) is 20.4. The summed E-state index contributed by atoms with van der Waals surface area (Å²) in [4.78, 5) is 11.6. The third kappa shape index (κ3) is 3.95. The average molecular weight is 324 g/mol. The molecule has 1 aliphatic heterocycles. The van der Waals surface area contributed by atoms with Crippen molar-refractivity contribution in [3.05, 3.63) is 65.7 Å². The SMILES string of the molecule is CNC(=O)c1ccc(OC[C@@H]2CNCC[C@H]2c2ccccc2)cc1. The number of benzene rings is 2. The van der Waals surface area contributed by atoms with E-state index in [0.717, 1.165) is 25.3 Å². The van der Waals surface area contributed by atoms with Crippen LogP contribution in [0.25, 0.3) is 0 Å². The highest BCUT2D eigenvalue weighted by atomic mass is 16.5. The molecule has 4 nitrogen and oxygen atoms in total. The maximum atomic E-state index is 11.6. The van der Waals surface area contributed by atoms with Crippen LogP contribution in [0.4, 0.5) is 0 Å². The molecule has 0 aromatic heterocycles. The fourth-order valence-corrected chi connectivity index (χ4v) is 3.29. The zero-order valence-corrected chi connectivity index (χ0v) is 14.0. The summed E-state index contributed by atoms with van der Waals surface area (Å²) in [5.41, 5.74) is 2.04. The molecule has 0 aliphatic carbocycles. The van der Waals surface area contributed by atoms with Gasteiger partial charge in [0.15, 0.2) is 0 Å². The first kappa shape index (κ1) is 16.5. The molecule has 0 radical (unpaired) electrons. The van der Waals surface area contributed by atoms with Crippen LogP contribution in [0.15, 0.2) is 54.6 Å². The van der Waals surface area contributed by atoms with E-state index in [2.05, 4.69) is 41.0 Å². The highest BCUT2D eigenvalue weighted by Gasteiger charge is 2.26. The van der Waals surface area contributed by atoms with Gasteiger partial charge in [-0.25, -0.2) is 0 Å². The van der Waals surface area contributed by atoms with Crippen LogP contribution in [0.5, 0.6) is 5.75 Å². The predicted octanol–water partition coefficient (Wildman–Crippen LogP) is 2.82. The van der Waals surface area contributed by atoms with Crippen molar-refractivity contribution in [1.29, 1.82) is 0 Å². The first-order chi connectivity index (χ1) is 11.8. The van der Waals surface area contributed by atoms with Gasteiger partial charge in [-0.3, -0.25) is 4.79 Å². The quantitative estimate of drug-likeness (QED) is 0.889. The van der Waals surface area contributed by atoms with Crippen molar-refractivity contribution in [3.8, 4) is 5.75 Å². The number of hydrogen-bond donors (Lipinski definition) is 2. The van der Waals surface area contributed by atoms with E-state index in [-0.39, 0.29) is 5.91 Å². The minimum atomic E-state index is -0.0813. The predicted molar refractivity (Wildman–Crippen MR) is 95.5 cm³/mol. The Labute approximate surface area is 143 Å². The number of rotatable bonds is 5. The Kier molecular flexibility index (Phi) is 5.49. The molecule has 24 heavy (non-hydrogen) atoms. The summed E-state index contributed by atoms with van der Waals surface area (Å²) in [6, 6.07) is 18.0. The molecule has 0 spiro atoms. The number of piperidine rings is 1. The topological polar surface area (TPSA) is 50.4 Å². The molecule has 3 rings (SSSR count). The molecule has 0 saturated carbocycles. The van der Waals surface area contributed by atoms with Crippen LogP contribution in [0.3, 0.4) is 0 Å². The molecule has 1 aliphatic rings. The van der Waals surface area contributed by atoms with E-state index in [4.69, 9.17) is 4.74 Å². The van der Waals surface area contributed by atoms with Crippen LogP contribution >= 0.6 is 0 Å². The molecule has 2 aromatic rings. The van der Waals surface area contributed by atoms with Gasteiger partial charge in [-0.05, 0) is 48.7 Å². The standard InChI is InChI=1S/C20H24N2O2/c1-21-20(23)16-7-9-18(10-8-16)24-14-17-13-22-12-11-19(17)15-5-3-2-4-6-15/h2-10,17,19,22H,11-14H2,1H3,(H,21,23)/t17-,19-/m0/s1. The Bertz CT molecular complexity index is 655. The van der Waals surface area contributed by atoms with Crippen molar-refractivity contribution in [2.24, 2.45) is 5.92 Å². The molecule has 126 valence electrons. The van der Waals surface area contributed by atoms with Gasteiger partial charge in [0.25, 0.3) is 5.91 Å². The molecule has 0 unspecified atom stereocenters. The third-order valence-electron chi connectivity index (χ3n) is 4.64. The zero-order valence-electron chi connectivity index (χ0n) is 14.0. The van der Waals surface area contributed by atoms with E-state index in [0.29, 0.717) is 24.0 Å². The number of carbonyl (C=O) groups is 1. The van der Waals surface area contributed by atoms with Crippen molar-refractivity contribution in [2.75, 3.05) is 26.7 Å². The van der Waals surface area contributed by atoms with Crippen LogP contribution in [0.1, 0.15) is 28.3 Å². The molecular weight excluding hydrogens is 300 g/mol. The van der Waals surface area contributed by atoms with Crippen LogP contribution < -0.4 is 15.4 Å². The summed E-state index contributed by atoms with van der Waals surface area (Å²) in [7, 11) is 1.63. The Morgan fingerprint density at radius 2 is 1.92 bits per heavy atom. The Hall–Kier alpha value is -2.33. The van der Waals surface area contributed by atoms with E-state index in [1.54, 1.807) is 19.2 Å². The summed E-state index contributed by atoms with van der Waals surface area (Å²) >= 11 is 0. The largest absolute Gasteiger partial charge is 0.493 e. The highest BCUT2D eigenvalue weighted by Crippen LogP contribution is 2.30. The second kappa shape index (κ2) is 7.97. The van der Waals surface area contributed by atoms with Crippen LogP contribution in [-0.2, 0) is 0 Å². The second-order valence-corrected chi connectivity index (χ2v) is 6.18. The lowest BCUT2D eigenvalue weighted by atomic mass is 9.81. The molecule has 1 heterocycles. The molecule has 0 bridgehead atoms. The number of ether oxygens (including phenoxy) is 1. The Balaban J connectivity index is 1.63. The van der Waals surface area contributed by atoms with Crippen molar-refractivity contribution in [2.45, 2.75) is 12.3 Å². The summed E-state index contributed by atoms with van der Waals surface area (Å²) in [5.74, 6) is 1.69. The van der Waals surface area contributed by atoms with Gasteiger partial charge < -0.3 is 15.4 Å². The van der Waals surface area contributed by atoms with E-state index in [1.807, 2.05) is 12.1 Å². The summed E-state index contributed by atoms with van der Waals surface area (Å²) < 4.78 is 5.99. The lowest BCUT2D eigenvalue weighted by molar-refractivity contribution is 0.0963. The number of hydrogen-bond acceptors (Lipinski definition) is 3. The third-order valence-corrected chi connectivity index (χ3v) is 4.64. The van der Waals surface area contributed by atoms with Gasteiger partial charge in [0.05, 0.1) is 6.61 Å². The van der Waals surface area contributed by atoms with E-state index in [1.165, 1.54) is 5.56 Å². The maximum absolute atomic E-state index is 11.6. The zero-order chi connectivity index (χ0) is 16.8. The van der Waals surface area contributed by atoms with Crippen LogP contribution in [-0.4, -0.2) is 32.7 Å². The van der Waals surface area contributed by atoms with Crippen molar-refractivity contribution >= 4 is 5.91 Å². The smallest absolute Gasteiger partial charge is 0.251 e. The second-order valence-electron chi connectivity index (χ2n) is 6.18. The molecule has 2 atom stereocenters. The van der Waals surface area contributed by atoms with Gasteiger partial charge in [-0.2, -0.15) is 0 Å². The highest BCUT2D eigenvalue weighted by molar-refractivity contribution is 5.94. The van der Waals surface area contributed by atoms with Gasteiger partial charge in [-0.1, -0.05) is 30.3 Å². The van der Waals surface area contributed by atoms with E-state index in [9.17, 15) is 4.79 Å². The molecule has 1 saturated heterocycles. The van der Waals surface area contributed by atoms with Crippen LogP contribution in [0.2, 0.25) is 0 Å². The van der Waals surface area contributed by atoms with Gasteiger partial charge in [0, 0.05) is 25.1 Å². The molecule has 1 fully saturated rings. The monoisotopic (exact) mass is 324 g/mol. The Morgan fingerprint density at radius 1 is 1.17 bits per heavy atom. The maximum Gasteiger partial charge on any atom is 0.251 e. The van der Waals surface area contributed by atoms with E-state index >= 15 is 0 Å². The lowest BCUT2D eigenvalue weighted by Gasteiger charge is -2.32. The average Bonchev–Trinajstić information content (AvgIpc) is 2.67. The lowest BCUT2D eigenvalue weighted by Crippen LogP contribution is -2.38. The number of amides is 1. The Morgan fingerprint density at radius 3 is 2.62 bits per heavy atom. The summed E-state index contributed by atoms with van der Waals surface area (Å²) in [6.07, 6.45) is 1.13. The van der Waals surface area contributed by atoms with Crippen LogP contribution in [0, 0.1) is 5.92 Å². The molecule has 1 amide bonds. The summed E-state index contributed by atoms with van der Waals surface area (Å²) in [6.45, 7) is 2.69. The van der Waals surface area contributed by atoms with Gasteiger partial charge in [0.2, 0.25) is 0 Å². The molecule has 4 heteroatoms. The van der Waals surface area contributed by atoms with Gasteiger partial charge >= 0.3 is 0 Å². The molecule has 2 aromatic carbocycles. The van der Waals surface area contributed by atoms with E-state index < -0.39 is 0 Å². The van der Waals surface area contributed by atoms with Gasteiger partial charge in [-0.15, -0.1) is 0 Å². The van der Waals surface area contributed by atoms with Gasteiger partial charge in [0.1, 0.15) is 5.75 Å². The number of nitrogens with one attached hydrogen (secondary N) is 2. The summed E-state index contributed by atoms with van der Waals surface area (Å²) in [5, 5.41) is 6.09. The minimum absolute atomic E-state index is 0.0813. The molecular formula is C20H24N2O2. The fraction of sp³-hybridized carbons (Fsp3) is 0.350. The fourth-order valence-electron chi connectivity index (χ4n) is 3.29. The number of carbonyl (C=O) groups excluding carboxylic acids is 1. The first-order valence-corrected chi connectivity index (χ1v) is 8.48. The van der Waals surface area contributed by atoms with Crippen molar-refractivity contribution < 1.29 is 9.53 Å². The molecule has 2 N–H and O–H groups in total. The minimum Gasteiger partial charge on any atom is -0.493 e. The van der Waals surface area contributed by atoms with Crippen molar-refractivity contribution in [1.82, 2.24) is 10.6 Å². The first-order valence-electron chi connectivity index (χ1n) is 8.48. The van der Waals surface area contributed by atoms with Crippen molar-refractivity contribution in [3.63, 3.8) is 0 Å².